The summed E-state index contributed by atoms with van der Waals surface area (Å²) < 4.78 is 41.4. The minimum Gasteiger partial charge on any atom is -0.394 e. The van der Waals surface area contributed by atoms with Gasteiger partial charge in [-0.15, -0.1) is 0 Å². The lowest BCUT2D eigenvalue weighted by molar-refractivity contribution is -0.198. The zero-order chi connectivity index (χ0) is 28.0. The highest BCUT2D eigenvalue weighted by molar-refractivity contribution is 7.89. The fraction of sp³-hybridized carbons (Fsp3) is 0.429. The van der Waals surface area contributed by atoms with E-state index in [0.717, 1.165) is 29.5 Å². The van der Waals surface area contributed by atoms with E-state index in [1.165, 1.54) is 10.4 Å². The number of hydrogen-bond acceptors (Lipinski definition) is 8. The van der Waals surface area contributed by atoms with E-state index in [2.05, 4.69) is 9.88 Å². The van der Waals surface area contributed by atoms with E-state index in [0.29, 0.717) is 24.4 Å². The van der Waals surface area contributed by atoms with Crippen LogP contribution in [0.2, 0.25) is 5.02 Å². The third-order valence-corrected chi connectivity index (χ3v) is 10.1. The molecule has 40 heavy (non-hydrogen) atoms. The Hall–Kier alpha value is -2.80. The van der Waals surface area contributed by atoms with E-state index >= 15 is 0 Å². The smallest absolute Gasteiger partial charge is 0.243 e. The van der Waals surface area contributed by atoms with Crippen LogP contribution in [-0.4, -0.2) is 97.5 Å². The molecule has 4 heterocycles. The summed E-state index contributed by atoms with van der Waals surface area (Å²) >= 11 is 6.09. The Morgan fingerprint density at radius 3 is 2.50 bits per heavy atom. The van der Waals surface area contributed by atoms with Gasteiger partial charge in [-0.05, 0) is 60.0 Å². The van der Waals surface area contributed by atoms with Crippen LogP contribution < -0.4 is 4.90 Å². The van der Waals surface area contributed by atoms with Crippen LogP contribution in [0.5, 0.6) is 0 Å². The number of amides is 1. The number of anilines is 1. The molecule has 1 aromatic heterocycles. The Morgan fingerprint density at radius 1 is 1.02 bits per heavy atom. The van der Waals surface area contributed by atoms with E-state index in [4.69, 9.17) is 21.1 Å². The number of fused-ring (bicyclic) bond motifs is 2. The largest absolute Gasteiger partial charge is 0.394 e. The van der Waals surface area contributed by atoms with Gasteiger partial charge in [0, 0.05) is 36.2 Å². The van der Waals surface area contributed by atoms with Crippen LogP contribution >= 0.6 is 11.6 Å². The number of aromatic nitrogens is 1. The van der Waals surface area contributed by atoms with Crippen LogP contribution in [0.3, 0.4) is 0 Å². The third kappa shape index (κ3) is 4.95. The van der Waals surface area contributed by atoms with Crippen molar-refractivity contribution in [2.75, 3.05) is 57.4 Å². The number of hydrogen-bond donors (Lipinski definition) is 1. The number of nitrogens with zero attached hydrogens (tertiary/aromatic N) is 4. The zero-order valence-corrected chi connectivity index (χ0v) is 23.5. The summed E-state index contributed by atoms with van der Waals surface area (Å²) in [6.45, 7) is 1.27. The number of halogens is 1. The van der Waals surface area contributed by atoms with Crippen molar-refractivity contribution in [1.82, 2.24) is 14.2 Å². The van der Waals surface area contributed by atoms with Gasteiger partial charge in [0.25, 0.3) is 0 Å². The molecule has 10 nitrogen and oxygen atoms in total. The minimum atomic E-state index is -4.04. The minimum absolute atomic E-state index is 0.0443. The summed E-state index contributed by atoms with van der Waals surface area (Å²) in [7, 11) is -4.04. The molecule has 3 aliphatic rings. The Morgan fingerprint density at radius 2 is 1.75 bits per heavy atom. The lowest BCUT2D eigenvalue weighted by atomic mass is 9.91. The second-order valence-electron chi connectivity index (χ2n) is 10.6. The molecule has 2 aromatic carbocycles. The first-order valence-corrected chi connectivity index (χ1v) is 15.1. The van der Waals surface area contributed by atoms with Crippen LogP contribution in [0.15, 0.2) is 65.8 Å². The molecule has 0 bridgehead atoms. The van der Waals surface area contributed by atoms with Gasteiger partial charge in [-0.25, -0.2) is 8.42 Å². The first kappa shape index (κ1) is 27.4. The summed E-state index contributed by atoms with van der Waals surface area (Å²) in [6.07, 6.45) is 4.86. The number of aliphatic hydroxyl groups is 1. The fourth-order valence-corrected chi connectivity index (χ4v) is 7.68. The average molecular weight is 587 g/mol. The first-order valence-electron chi connectivity index (χ1n) is 13.3. The summed E-state index contributed by atoms with van der Waals surface area (Å²) in [4.78, 5) is 21.7. The highest BCUT2D eigenvalue weighted by Crippen LogP contribution is 2.44. The lowest BCUT2D eigenvalue weighted by Crippen LogP contribution is -2.65. The van der Waals surface area contributed by atoms with Gasteiger partial charge in [-0.3, -0.25) is 9.78 Å². The average Bonchev–Trinajstić information content (AvgIpc) is 3.28. The molecular weight excluding hydrogens is 556 g/mol. The highest BCUT2D eigenvalue weighted by Gasteiger charge is 2.61. The Labute approximate surface area is 238 Å². The van der Waals surface area contributed by atoms with Gasteiger partial charge >= 0.3 is 0 Å². The number of piperazine rings is 1. The molecular formula is C28H31ClN4O6S. The standard InChI is InChI=1S/C28H31ClN4O6S/c29-23-3-1-22-16-25(4-2-21(22)15-23)40(36,37)32-17-26(35)33-18-27(39-28(33,19-32)20-38-14-13-34)7-11-31(12-8-27)24-5-9-30-10-6-24/h1-6,9-10,15-16,34H,7-8,11-14,17-20H2. The fourth-order valence-electron chi connectivity index (χ4n) is 6.03. The number of carbonyl (C=O) groups excluding carboxylic acids is 1. The molecule has 0 saturated carbocycles. The van der Waals surface area contributed by atoms with Gasteiger partial charge < -0.3 is 24.4 Å². The maximum absolute atomic E-state index is 13.9. The van der Waals surface area contributed by atoms with Crippen molar-refractivity contribution in [3.05, 3.63) is 65.9 Å². The SMILES string of the molecule is O=C1CN(S(=O)(=O)c2ccc3cc(Cl)ccc3c2)CC2(COCCO)OC3(CCN(c4ccncc4)CC3)CN12. The normalized spacial score (nSPS) is 23.2. The summed E-state index contributed by atoms with van der Waals surface area (Å²) in [5, 5.41) is 11.4. The van der Waals surface area contributed by atoms with Gasteiger partial charge in [-0.1, -0.05) is 23.7 Å². The number of ether oxygens (including phenoxy) is 2. The van der Waals surface area contributed by atoms with Crippen LogP contribution in [0, 0.1) is 0 Å². The van der Waals surface area contributed by atoms with Gasteiger partial charge in [0.15, 0.2) is 5.72 Å². The van der Waals surface area contributed by atoms with Crippen LogP contribution in [0.25, 0.3) is 10.8 Å². The van der Waals surface area contributed by atoms with Crippen molar-refractivity contribution in [3.8, 4) is 0 Å². The number of piperidine rings is 1. The summed E-state index contributed by atoms with van der Waals surface area (Å²) in [5.74, 6) is -0.330. The van der Waals surface area contributed by atoms with E-state index < -0.39 is 21.3 Å². The molecule has 12 heteroatoms. The van der Waals surface area contributed by atoms with Crippen molar-refractivity contribution >= 4 is 44.0 Å². The van der Waals surface area contributed by atoms with Crippen molar-refractivity contribution in [1.29, 1.82) is 0 Å². The lowest BCUT2D eigenvalue weighted by Gasteiger charge is -2.45. The van der Waals surface area contributed by atoms with Gasteiger partial charge in [0.1, 0.15) is 0 Å². The Balaban J connectivity index is 1.27. The number of carbonyl (C=O) groups is 1. The number of pyridine rings is 1. The molecule has 3 aromatic rings. The number of benzene rings is 2. The predicted octanol–water partition coefficient (Wildman–Crippen LogP) is 2.50. The van der Waals surface area contributed by atoms with E-state index in [-0.39, 0.29) is 43.7 Å². The monoisotopic (exact) mass is 586 g/mol. The summed E-state index contributed by atoms with van der Waals surface area (Å²) in [5.41, 5.74) is -0.836. The maximum atomic E-state index is 13.9. The number of rotatable bonds is 7. The molecule has 3 saturated heterocycles. The Kier molecular flexibility index (Phi) is 7.22. The second-order valence-corrected chi connectivity index (χ2v) is 13.0. The molecule has 1 amide bonds. The van der Waals surface area contributed by atoms with Crippen molar-refractivity contribution < 1.29 is 27.8 Å². The summed E-state index contributed by atoms with van der Waals surface area (Å²) in [6, 6.07) is 14.0. The Bertz CT molecular complexity index is 1520. The molecule has 212 valence electrons. The van der Waals surface area contributed by atoms with Gasteiger partial charge in [0.2, 0.25) is 15.9 Å². The van der Waals surface area contributed by atoms with Crippen LogP contribution in [0.4, 0.5) is 5.69 Å². The second kappa shape index (κ2) is 10.6. The van der Waals surface area contributed by atoms with Crippen LogP contribution in [0.1, 0.15) is 12.8 Å². The van der Waals surface area contributed by atoms with Gasteiger partial charge in [-0.2, -0.15) is 4.31 Å². The topological polar surface area (TPSA) is 113 Å². The predicted molar refractivity (Wildman–Crippen MR) is 150 cm³/mol. The van der Waals surface area contributed by atoms with Crippen molar-refractivity contribution in [2.45, 2.75) is 29.1 Å². The molecule has 1 unspecified atom stereocenters. The molecule has 0 radical (unpaired) electrons. The molecule has 1 spiro atoms. The molecule has 3 fully saturated rings. The van der Waals surface area contributed by atoms with E-state index in [1.807, 2.05) is 12.1 Å². The molecule has 3 aliphatic heterocycles. The van der Waals surface area contributed by atoms with Crippen molar-refractivity contribution in [3.63, 3.8) is 0 Å². The van der Waals surface area contributed by atoms with E-state index in [9.17, 15) is 18.3 Å². The molecule has 0 aliphatic carbocycles. The van der Waals surface area contributed by atoms with Gasteiger partial charge in [0.05, 0.1) is 50.0 Å². The van der Waals surface area contributed by atoms with E-state index in [1.54, 1.807) is 47.6 Å². The number of sulfonamides is 1. The molecule has 6 rings (SSSR count). The molecule has 1 N–H and O–H groups in total. The van der Waals surface area contributed by atoms with Crippen molar-refractivity contribution in [2.24, 2.45) is 0 Å². The zero-order valence-electron chi connectivity index (χ0n) is 21.9. The number of aliphatic hydroxyl groups excluding tert-OH is 1. The maximum Gasteiger partial charge on any atom is 0.243 e. The van der Waals surface area contributed by atoms with Crippen LogP contribution in [-0.2, 0) is 24.3 Å². The quantitative estimate of drug-likeness (QED) is 0.420. The molecule has 1 atom stereocenters. The highest BCUT2D eigenvalue weighted by atomic mass is 35.5. The third-order valence-electron chi connectivity index (χ3n) is 8.06. The first-order chi connectivity index (χ1) is 19.2.